The third kappa shape index (κ3) is 16.9. The maximum atomic E-state index is 13.4. The number of allylic oxidation sites excluding steroid dienone is 2. The summed E-state index contributed by atoms with van der Waals surface area (Å²) in [6.07, 6.45) is 7.59. The first kappa shape index (κ1) is 39.7. The molecule has 10 nitrogen and oxygen atoms in total. The Labute approximate surface area is 285 Å². The second-order valence-electron chi connectivity index (χ2n) is 12.0. The fraction of sp³-hybridized carbons (Fsp3) is 0.474. The van der Waals surface area contributed by atoms with E-state index in [0.717, 1.165) is 24.0 Å². The predicted molar refractivity (Wildman–Crippen MR) is 187 cm³/mol. The minimum atomic E-state index is -0.683. The van der Waals surface area contributed by atoms with Crippen LogP contribution in [0, 0.1) is 11.8 Å². The van der Waals surface area contributed by atoms with Gasteiger partial charge >= 0.3 is 12.1 Å². The summed E-state index contributed by atoms with van der Waals surface area (Å²) in [6.45, 7) is 9.49. The van der Waals surface area contributed by atoms with Gasteiger partial charge in [0.05, 0.1) is 24.5 Å². The van der Waals surface area contributed by atoms with E-state index < -0.39 is 24.1 Å². The molecule has 0 radical (unpaired) electrons. The van der Waals surface area contributed by atoms with Crippen molar-refractivity contribution in [1.82, 2.24) is 16.0 Å². The molecular formula is C38H53N3O7. The number of hydrogen-bond donors (Lipinski definition) is 4. The SMILES string of the molecule is C=CCCC[C@H](Cc1ccccc1)C(=O)OC[C@H](CCCCNC(=O)OCc1ccccc1)NC(=O)[C@H](CC=C)CC(=O)N[C@H](C)CO. The zero-order valence-electron chi connectivity index (χ0n) is 28.2. The average molecular weight is 664 g/mol. The molecule has 48 heavy (non-hydrogen) atoms. The molecule has 2 aromatic carbocycles. The van der Waals surface area contributed by atoms with Crippen molar-refractivity contribution in [3.63, 3.8) is 0 Å². The largest absolute Gasteiger partial charge is 0.463 e. The first-order chi connectivity index (χ1) is 23.2. The number of alkyl carbamates (subject to hydrolysis) is 1. The lowest BCUT2D eigenvalue weighted by Crippen LogP contribution is -2.44. The van der Waals surface area contributed by atoms with E-state index >= 15 is 0 Å². The summed E-state index contributed by atoms with van der Waals surface area (Å²) in [6, 6.07) is 18.2. The molecule has 10 heteroatoms. The molecule has 0 saturated heterocycles. The standard InChI is InChI=1S/C38H53N3O7/c1-4-6-9-21-33(24-30-17-10-7-11-18-30)37(45)47-28-34(41-36(44)32(16-5-2)25-35(43)40-29(3)26-42)22-14-15-23-39-38(46)48-27-31-19-12-8-13-20-31/h4-5,7-8,10-13,17-20,29,32-34,42H,1-2,6,9,14-16,21-28H2,3H3,(H,39,46)(H,40,43)(H,41,44)/t29-,32-,33-,34+/m1/s1. The van der Waals surface area contributed by atoms with E-state index in [4.69, 9.17) is 9.47 Å². The first-order valence-corrected chi connectivity index (χ1v) is 16.8. The van der Waals surface area contributed by atoms with E-state index in [9.17, 15) is 24.3 Å². The Morgan fingerprint density at radius 1 is 0.833 bits per heavy atom. The predicted octanol–water partition coefficient (Wildman–Crippen LogP) is 5.41. The van der Waals surface area contributed by atoms with Crippen molar-refractivity contribution < 1.29 is 33.8 Å². The van der Waals surface area contributed by atoms with Crippen LogP contribution in [0.15, 0.2) is 86.0 Å². The number of nitrogens with one attached hydrogen (secondary N) is 3. The maximum absolute atomic E-state index is 13.4. The van der Waals surface area contributed by atoms with Gasteiger partial charge in [-0.1, -0.05) is 72.8 Å². The van der Waals surface area contributed by atoms with Gasteiger partial charge in [-0.3, -0.25) is 14.4 Å². The van der Waals surface area contributed by atoms with Crippen molar-refractivity contribution in [3.8, 4) is 0 Å². The van der Waals surface area contributed by atoms with E-state index in [-0.39, 0.29) is 56.4 Å². The molecular weight excluding hydrogens is 610 g/mol. The number of hydrogen-bond acceptors (Lipinski definition) is 7. The molecule has 4 N–H and O–H groups in total. The number of unbranched alkanes of at least 4 members (excludes halogenated alkanes) is 2. The van der Waals surface area contributed by atoms with Crippen molar-refractivity contribution in [3.05, 3.63) is 97.1 Å². The molecule has 0 fully saturated rings. The van der Waals surface area contributed by atoms with Gasteiger partial charge in [0.2, 0.25) is 11.8 Å². The number of amides is 3. The van der Waals surface area contributed by atoms with Crippen LogP contribution < -0.4 is 16.0 Å². The van der Waals surface area contributed by atoms with Crippen LogP contribution in [-0.2, 0) is 36.9 Å². The summed E-state index contributed by atoms with van der Waals surface area (Å²) in [5.41, 5.74) is 1.93. The van der Waals surface area contributed by atoms with Gasteiger partial charge in [0, 0.05) is 19.0 Å². The van der Waals surface area contributed by atoms with Gasteiger partial charge in [-0.05, 0) is 69.4 Å². The van der Waals surface area contributed by atoms with Gasteiger partial charge < -0.3 is 30.5 Å². The molecule has 0 unspecified atom stereocenters. The summed E-state index contributed by atoms with van der Waals surface area (Å²) in [5, 5.41) is 17.7. The summed E-state index contributed by atoms with van der Waals surface area (Å²) < 4.78 is 11.1. The van der Waals surface area contributed by atoms with Crippen molar-refractivity contribution in [2.75, 3.05) is 19.8 Å². The van der Waals surface area contributed by atoms with Gasteiger partial charge in [0.25, 0.3) is 0 Å². The van der Waals surface area contributed by atoms with Crippen LogP contribution in [-0.4, -0.2) is 60.8 Å². The van der Waals surface area contributed by atoms with Gasteiger partial charge in [0.1, 0.15) is 13.2 Å². The number of carbonyl (C=O) groups is 4. The number of aliphatic hydroxyl groups is 1. The Morgan fingerprint density at radius 3 is 2.17 bits per heavy atom. The Morgan fingerprint density at radius 2 is 1.52 bits per heavy atom. The fourth-order valence-electron chi connectivity index (χ4n) is 5.09. The number of rotatable bonds is 24. The minimum Gasteiger partial charge on any atom is -0.463 e. The summed E-state index contributed by atoms with van der Waals surface area (Å²) in [5.74, 6) is -2.06. The van der Waals surface area contributed by atoms with E-state index in [2.05, 4.69) is 29.1 Å². The minimum absolute atomic E-state index is 0.0293. The molecule has 0 aliphatic rings. The molecule has 0 aromatic heterocycles. The van der Waals surface area contributed by atoms with E-state index in [1.165, 1.54) is 0 Å². The number of aliphatic hydroxyl groups excluding tert-OH is 1. The highest BCUT2D eigenvalue weighted by molar-refractivity contribution is 5.86. The van der Waals surface area contributed by atoms with Gasteiger partial charge in [-0.25, -0.2) is 4.79 Å². The highest BCUT2D eigenvalue weighted by Gasteiger charge is 2.26. The maximum Gasteiger partial charge on any atom is 0.407 e. The normalized spacial score (nSPS) is 13.2. The molecule has 2 rings (SSSR count). The van der Waals surface area contributed by atoms with Crippen LogP contribution in [0.4, 0.5) is 4.79 Å². The zero-order valence-corrected chi connectivity index (χ0v) is 28.2. The van der Waals surface area contributed by atoms with Crippen LogP contribution in [0.1, 0.15) is 69.4 Å². The Kier molecular flexibility index (Phi) is 19.7. The quantitative estimate of drug-likeness (QED) is 0.0669. The monoisotopic (exact) mass is 663 g/mol. The Bertz CT molecular complexity index is 1260. The van der Waals surface area contributed by atoms with Crippen LogP contribution in [0.5, 0.6) is 0 Å². The topological polar surface area (TPSA) is 143 Å². The molecule has 0 spiro atoms. The molecule has 0 aliphatic carbocycles. The highest BCUT2D eigenvalue weighted by atomic mass is 16.5. The zero-order chi connectivity index (χ0) is 35.0. The molecule has 4 atom stereocenters. The third-order valence-electron chi connectivity index (χ3n) is 7.79. The number of esters is 1. The lowest BCUT2D eigenvalue weighted by molar-refractivity contribution is -0.150. The lowest BCUT2D eigenvalue weighted by atomic mass is 9.94. The summed E-state index contributed by atoms with van der Waals surface area (Å²) in [7, 11) is 0. The number of ether oxygens (including phenoxy) is 2. The van der Waals surface area contributed by atoms with Gasteiger partial charge in [0.15, 0.2) is 0 Å². The number of carbonyl (C=O) groups excluding carboxylic acids is 4. The second-order valence-corrected chi connectivity index (χ2v) is 12.0. The number of benzene rings is 2. The molecule has 2 aromatic rings. The van der Waals surface area contributed by atoms with Crippen molar-refractivity contribution in [2.24, 2.45) is 11.8 Å². The Balaban J connectivity index is 2.01. The van der Waals surface area contributed by atoms with Crippen molar-refractivity contribution in [2.45, 2.75) is 83.4 Å². The van der Waals surface area contributed by atoms with Crippen LogP contribution in [0.25, 0.3) is 0 Å². The third-order valence-corrected chi connectivity index (χ3v) is 7.79. The van der Waals surface area contributed by atoms with Gasteiger partial charge in [-0.2, -0.15) is 0 Å². The summed E-state index contributed by atoms with van der Waals surface area (Å²) >= 11 is 0. The Hall–Kier alpha value is -4.44. The lowest BCUT2D eigenvalue weighted by Gasteiger charge is -2.24. The second kappa shape index (κ2) is 23.8. The van der Waals surface area contributed by atoms with E-state index in [0.29, 0.717) is 38.6 Å². The molecule has 3 amide bonds. The van der Waals surface area contributed by atoms with Crippen LogP contribution in [0.2, 0.25) is 0 Å². The molecule has 0 saturated carbocycles. The first-order valence-electron chi connectivity index (χ1n) is 16.8. The van der Waals surface area contributed by atoms with Gasteiger partial charge in [-0.15, -0.1) is 13.2 Å². The highest BCUT2D eigenvalue weighted by Crippen LogP contribution is 2.19. The fourth-order valence-corrected chi connectivity index (χ4v) is 5.09. The van der Waals surface area contributed by atoms with E-state index in [1.54, 1.807) is 13.0 Å². The molecule has 262 valence electrons. The molecule has 0 heterocycles. The van der Waals surface area contributed by atoms with Crippen molar-refractivity contribution in [1.29, 1.82) is 0 Å². The molecule has 0 bridgehead atoms. The van der Waals surface area contributed by atoms with Crippen LogP contribution >= 0.6 is 0 Å². The van der Waals surface area contributed by atoms with Crippen molar-refractivity contribution >= 4 is 23.9 Å². The van der Waals surface area contributed by atoms with E-state index in [1.807, 2.05) is 66.7 Å². The molecule has 0 aliphatic heterocycles. The summed E-state index contributed by atoms with van der Waals surface area (Å²) in [4.78, 5) is 51.4. The average Bonchev–Trinajstić information content (AvgIpc) is 3.09. The smallest absolute Gasteiger partial charge is 0.407 e. The van der Waals surface area contributed by atoms with Crippen LogP contribution in [0.3, 0.4) is 0 Å².